The number of aromatic nitrogens is 2. The van der Waals surface area contributed by atoms with Gasteiger partial charge >= 0.3 is 0 Å². The Morgan fingerprint density at radius 3 is 2.52 bits per heavy atom. The maximum absolute atomic E-state index is 12.1. The fourth-order valence-corrected chi connectivity index (χ4v) is 2.32. The first kappa shape index (κ1) is 17.5. The molecule has 0 saturated heterocycles. The number of hydrogen-bond donors (Lipinski definition) is 2. The molecule has 0 fully saturated rings. The Kier molecular flexibility index (Phi) is 6.58. The van der Waals surface area contributed by atoms with Crippen LogP contribution in [0, 0.1) is 0 Å². The molecule has 6 nitrogen and oxygen atoms in total. The molecule has 0 aliphatic carbocycles. The van der Waals surface area contributed by atoms with Gasteiger partial charge in [-0.1, -0.05) is 23.2 Å². The van der Waals surface area contributed by atoms with Crippen LogP contribution < -0.4 is 10.6 Å². The number of hydrogen-bond acceptors (Lipinski definition) is 5. The Morgan fingerprint density at radius 2 is 1.91 bits per heavy atom. The number of nitrogens with one attached hydrogen (secondary N) is 2. The highest BCUT2D eigenvalue weighted by Crippen LogP contribution is 2.22. The van der Waals surface area contributed by atoms with Crippen molar-refractivity contribution in [2.24, 2.45) is 0 Å². The van der Waals surface area contributed by atoms with Gasteiger partial charge in [0.05, 0.1) is 12.4 Å². The number of rotatable bonds is 7. The van der Waals surface area contributed by atoms with Crippen molar-refractivity contribution in [3.63, 3.8) is 0 Å². The first-order valence-corrected chi connectivity index (χ1v) is 7.66. The van der Waals surface area contributed by atoms with Gasteiger partial charge in [0.2, 0.25) is 0 Å². The second kappa shape index (κ2) is 8.67. The average molecular weight is 355 g/mol. The minimum atomic E-state index is -0.387. The summed E-state index contributed by atoms with van der Waals surface area (Å²) in [5.41, 5.74) is 0.694. The molecule has 0 spiro atoms. The van der Waals surface area contributed by atoms with Crippen molar-refractivity contribution >= 4 is 40.6 Å². The Morgan fingerprint density at radius 1 is 1.17 bits per heavy atom. The molecule has 8 heteroatoms. The van der Waals surface area contributed by atoms with Gasteiger partial charge in [-0.25, -0.2) is 9.97 Å². The van der Waals surface area contributed by atoms with Crippen molar-refractivity contribution in [3.8, 4) is 0 Å². The van der Waals surface area contributed by atoms with Gasteiger partial charge in [-0.3, -0.25) is 4.79 Å². The number of carbonyl (C=O) groups is 1. The first-order chi connectivity index (χ1) is 11.1. The lowest BCUT2D eigenvalue weighted by Gasteiger charge is -2.07. The second-order valence-corrected chi connectivity index (χ2v) is 5.55. The maximum Gasteiger partial charge on any atom is 0.275 e. The minimum Gasteiger partial charge on any atom is -0.385 e. The summed E-state index contributed by atoms with van der Waals surface area (Å²) in [4.78, 5) is 20.3. The van der Waals surface area contributed by atoms with Crippen LogP contribution in [0.25, 0.3) is 0 Å². The number of ether oxygens (including phenoxy) is 1. The van der Waals surface area contributed by atoms with E-state index in [2.05, 4.69) is 20.6 Å². The number of carbonyl (C=O) groups excluding carboxylic acids is 1. The fourth-order valence-electron chi connectivity index (χ4n) is 1.79. The molecule has 2 N–H and O–H groups in total. The molecule has 0 radical (unpaired) electrons. The Bertz CT molecular complexity index is 645. The van der Waals surface area contributed by atoms with E-state index >= 15 is 0 Å². The van der Waals surface area contributed by atoms with Gasteiger partial charge in [-0.2, -0.15) is 0 Å². The summed E-state index contributed by atoms with van der Waals surface area (Å²) in [6, 6.07) is 4.79. The van der Waals surface area contributed by atoms with E-state index in [9.17, 15) is 4.79 Å². The molecule has 1 amide bonds. The Hall–Kier alpha value is -1.89. The Labute approximate surface area is 144 Å². The maximum atomic E-state index is 12.1. The minimum absolute atomic E-state index is 0.198. The van der Waals surface area contributed by atoms with Crippen LogP contribution in [0.15, 0.2) is 30.6 Å². The van der Waals surface area contributed by atoms with Crippen LogP contribution in [0.5, 0.6) is 0 Å². The number of benzene rings is 1. The van der Waals surface area contributed by atoms with E-state index in [-0.39, 0.29) is 11.6 Å². The van der Waals surface area contributed by atoms with Crippen molar-refractivity contribution in [1.82, 2.24) is 9.97 Å². The third-order valence-corrected chi connectivity index (χ3v) is 3.27. The van der Waals surface area contributed by atoms with Crippen molar-refractivity contribution < 1.29 is 9.53 Å². The SMILES string of the molecule is COCCCNc1cnc(C(=O)Nc2cc(Cl)cc(Cl)c2)cn1. The van der Waals surface area contributed by atoms with E-state index in [0.717, 1.165) is 13.0 Å². The zero-order valence-corrected chi connectivity index (χ0v) is 14.0. The molecule has 0 saturated carbocycles. The molecule has 0 aliphatic heterocycles. The largest absolute Gasteiger partial charge is 0.385 e. The number of anilines is 2. The van der Waals surface area contributed by atoms with E-state index in [1.54, 1.807) is 25.3 Å². The zero-order valence-electron chi connectivity index (χ0n) is 12.5. The first-order valence-electron chi connectivity index (χ1n) is 6.91. The van der Waals surface area contributed by atoms with Crippen LogP contribution in [0.3, 0.4) is 0 Å². The lowest BCUT2D eigenvalue weighted by Crippen LogP contribution is -2.15. The van der Waals surface area contributed by atoms with Crippen LogP contribution in [0.2, 0.25) is 10.0 Å². The average Bonchev–Trinajstić information content (AvgIpc) is 2.51. The van der Waals surface area contributed by atoms with Crippen molar-refractivity contribution in [3.05, 3.63) is 46.3 Å². The van der Waals surface area contributed by atoms with Gasteiger partial charge in [0.1, 0.15) is 11.5 Å². The van der Waals surface area contributed by atoms with Crippen LogP contribution in [-0.4, -0.2) is 36.1 Å². The highest BCUT2D eigenvalue weighted by atomic mass is 35.5. The molecule has 0 atom stereocenters. The zero-order chi connectivity index (χ0) is 16.7. The molecule has 0 bridgehead atoms. The molecule has 2 aromatic rings. The molecular formula is C15H16Cl2N4O2. The van der Waals surface area contributed by atoms with Crippen molar-refractivity contribution in [1.29, 1.82) is 0 Å². The van der Waals surface area contributed by atoms with Gasteiger partial charge in [0.25, 0.3) is 5.91 Å². The summed E-state index contributed by atoms with van der Waals surface area (Å²) in [6.45, 7) is 1.39. The smallest absolute Gasteiger partial charge is 0.275 e. The molecule has 1 aromatic heterocycles. The van der Waals surface area contributed by atoms with Gasteiger partial charge in [-0.05, 0) is 24.6 Å². The summed E-state index contributed by atoms with van der Waals surface area (Å²) in [6.07, 6.45) is 3.77. The van der Waals surface area contributed by atoms with E-state index in [1.807, 2.05) is 0 Å². The fraction of sp³-hybridized carbons (Fsp3) is 0.267. The monoisotopic (exact) mass is 354 g/mol. The number of amides is 1. The predicted molar refractivity (Wildman–Crippen MR) is 91.4 cm³/mol. The molecule has 2 rings (SSSR count). The highest BCUT2D eigenvalue weighted by Gasteiger charge is 2.09. The van der Waals surface area contributed by atoms with Gasteiger partial charge in [0, 0.05) is 36.0 Å². The molecule has 23 heavy (non-hydrogen) atoms. The number of halogens is 2. The number of methoxy groups -OCH3 is 1. The van der Waals surface area contributed by atoms with E-state index in [0.29, 0.717) is 28.2 Å². The molecule has 1 heterocycles. The van der Waals surface area contributed by atoms with E-state index < -0.39 is 0 Å². The van der Waals surface area contributed by atoms with Crippen LogP contribution >= 0.6 is 23.2 Å². The third kappa shape index (κ3) is 5.67. The van der Waals surface area contributed by atoms with Crippen molar-refractivity contribution in [2.45, 2.75) is 6.42 Å². The van der Waals surface area contributed by atoms with E-state index in [1.165, 1.54) is 12.4 Å². The normalized spacial score (nSPS) is 10.4. The van der Waals surface area contributed by atoms with Crippen molar-refractivity contribution in [2.75, 3.05) is 30.9 Å². The lowest BCUT2D eigenvalue weighted by molar-refractivity contribution is 0.102. The highest BCUT2D eigenvalue weighted by molar-refractivity contribution is 6.35. The second-order valence-electron chi connectivity index (χ2n) is 4.67. The van der Waals surface area contributed by atoms with Gasteiger partial charge < -0.3 is 15.4 Å². The summed E-state index contributed by atoms with van der Waals surface area (Å²) < 4.78 is 4.96. The lowest BCUT2D eigenvalue weighted by atomic mass is 10.3. The Balaban J connectivity index is 1.94. The summed E-state index contributed by atoms with van der Waals surface area (Å²) >= 11 is 11.8. The van der Waals surface area contributed by atoms with E-state index in [4.69, 9.17) is 27.9 Å². The quantitative estimate of drug-likeness (QED) is 0.744. The van der Waals surface area contributed by atoms with Crippen LogP contribution in [0.1, 0.15) is 16.9 Å². The topological polar surface area (TPSA) is 76.1 Å². The third-order valence-electron chi connectivity index (χ3n) is 2.84. The van der Waals surface area contributed by atoms with Crippen LogP contribution in [0.4, 0.5) is 11.5 Å². The summed E-state index contributed by atoms with van der Waals surface area (Å²) in [5.74, 6) is 0.213. The molecule has 0 aliphatic rings. The summed E-state index contributed by atoms with van der Waals surface area (Å²) in [5, 5.41) is 6.64. The molecule has 0 unspecified atom stereocenters. The standard InChI is InChI=1S/C15H16Cl2N4O2/c1-23-4-2-3-18-14-9-19-13(8-20-14)15(22)21-12-6-10(16)5-11(17)7-12/h5-9H,2-4H2,1H3,(H,18,20)(H,21,22). The molecule has 122 valence electrons. The van der Waals surface area contributed by atoms with Crippen LogP contribution in [-0.2, 0) is 4.74 Å². The van der Waals surface area contributed by atoms with Gasteiger partial charge in [-0.15, -0.1) is 0 Å². The molecular weight excluding hydrogens is 339 g/mol. The summed E-state index contributed by atoms with van der Waals surface area (Å²) in [7, 11) is 1.65. The predicted octanol–water partition coefficient (Wildman–Crippen LogP) is 3.48. The van der Waals surface area contributed by atoms with Gasteiger partial charge in [0.15, 0.2) is 0 Å². The molecule has 1 aromatic carbocycles. The number of nitrogens with zero attached hydrogens (tertiary/aromatic N) is 2.